The van der Waals surface area contributed by atoms with E-state index >= 15 is 0 Å². The van der Waals surface area contributed by atoms with E-state index in [1.165, 1.54) is 12.1 Å². The van der Waals surface area contributed by atoms with E-state index in [-0.39, 0.29) is 42.4 Å². The summed E-state index contributed by atoms with van der Waals surface area (Å²) >= 11 is 0. The predicted octanol–water partition coefficient (Wildman–Crippen LogP) is 4.87. The molecule has 1 aliphatic rings. The first-order valence-electron chi connectivity index (χ1n) is 14.4. The first kappa shape index (κ1) is 30.8. The van der Waals surface area contributed by atoms with Gasteiger partial charge in [-0.05, 0) is 65.4 Å². The predicted molar refractivity (Wildman–Crippen MR) is 164 cm³/mol. The van der Waals surface area contributed by atoms with Crippen LogP contribution in [0, 0.1) is 0 Å². The van der Waals surface area contributed by atoms with Crippen molar-refractivity contribution in [1.82, 2.24) is 0 Å². The van der Waals surface area contributed by atoms with Crippen molar-refractivity contribution in [2.75, 3.05) is 12.3 Å². The number of anilines is 1. The maximum atomic E-state index is 13.6. The zero-order valence-corrected chi connectivity index (χ0v) is 24.4. The molecule has 1 amide bonds. The number of hydrogen-bond acceptors (Lipinski definition) is 9. The highest BCUT2D eigenvalue weighted by atomic mass is 16.6. The molecule has 4 aromatic rings. The summed E-state index contributed by atoms with van der Waals surface area (Å²) in [5, 5.41) is 0. The van der Waals surface area contributed by atoms with Crippen LogP contribution in [0.5, 0.6) is 11.5 Å². The Morgan fingerprint density at radius 1 is 0.844 bits per heavy atom. The normalized spacial score (nSPS) is 13.2. The van der Waals surface area contributed by atoms with Crippen molar-refractivity contribution in [2.45, 2.75) is 38.4 Å². The number of ether oxygens (including phenoxy) is 4. The average Bonchev–Trinajstić information content (AvgIpc) is 3.04. The number of carbonyl (C=O) groups is 4. The van der Waals surface area contributed by atoms with E-state index in [9.17, 15) is 19.2 Å². The van der Waals surface area contributed by atoms with E-state index in [1.807, 2.05) is 24.3 Å². The first-order valence-corrected chi connectivity index (χ1v) is 14.4. The number of carbonyl (C=O) groups excluding carboxylic acids is 4. The summed E-state index contributed by atoms with van der Waals surface area (Å²) in [4.78, 5) is 52.6. The lowest BCUT2D eigenvalue weighted by atomic mass is 9.93. The summed E-state index contributed by atoms with van der Waals surface area (Å²) in [6.45, 7) is 0.116. The highest BCUT2D eigenvalue weighted by molar-refractivity contribution is 5.99. The van der Waals surface area contributed by atoms with Gasteiger partial charge >= 0.3 is 17.9 Å². The largest absolute Gasteiger partial charge is 0.489 e. The number of nitrogen functional groups attached to an aromatic ring is 1. The third kappa shape index (κ3) is 7.85. The minimum absolute atomic E-state index is 0.00242. The fourth-order valence-corrected chi connectivity index (χ4v) is 4.97. The van der Waals surface area contributed by atoms with Crippen molar-refractivity contribution in [2.24, 2.45) is 5.73 Å². The molecule has 0 saturated heterocycles. The van der Waals surface area contributed by atoms with E-state index in [1.54, 1.807) is 54.6 Å². The van der Waals surface area contributed by atoms with Gasteiger partial charge in [-0.1, -0.05) is 60.7 Å². The molecule has 230 valence electrons. The number of benzene rings is 4. The molecule has 1 aliphatic heterocycles. The Hall–Kier alpha value is -5.64. The summed E-state index contributed by atoms with van der Waals surface area (Å²) in [7, 11) is 0. The molecule has 5 rings (SSSR count). The molecule has 0 fully saturated rings. The van der Waals surface area contributed by atoms with Crippen LogP contribution in [0.2, 0.25) is 0 Å². The number of fused-ring (bicyclic) bond motifs is 2. The van der Waals surface area contributed by atoms with Gasteiger partial charge in [0.25, 0.3) is 5.91 Å². The van der Waals surface area contributed by atoms with Gasteiger partial charge < -0.3 is 30.4 Å². The Bertz CT molecular complexity index is 1710. The molecule has 0 bridgehead atoms. The third-order valence-corrected chi connectivity index (χ3v) is 7.26. The fraction of sp³-hybridized carbons (Fsp3) is 0.200. The Balaban J connectivity index is 1.49. The average molecular weight is 609 g/mol. The first-order chi connectivity index (χ1) is 21.8. The van der Waals surface area contributed by atoms with Crippen molar-refractivity contribution < 1.29 is 38.1 Å². The van der Waals surface area contributed by atoms with Crippen LogP contribution in [-0.4, -0.2) is 30.4 Å². The molecule has 0 aliphatic carbocycles. The molecule has 10 nitrogen and oxygen atoms in total. The van der Waals surface area contributed by atoms with Gasteiger partial charge in [-0.15, -0.1) is 0 Å². The molecule has 1 heterocycles. The maximum absolute atomic E-state index is 13.6. The number of aryl methyl sites for hydroxylation is 1. The summed E-state index contributed by atoms with van der Waals surface area (Å²) in [6.07, 6.45) is 0.564. The number of nitrogens with two attached hydrogens (primary N) is 2. The second-order valence-corrected chi connectivity index (χ2v) is 10.5. The number of amides is 1. The summed E-state index contributed by atoms with van der Waals surface area (Å²) in [5.74, 6) is -4.43. The van der Waals surface area contributed by atoms with Crippen LogP contribution in [0.15, 0.2) is 91.0 Å². The topological polar surface area (TPSA) is 157 Å². The minimum atomic E-state index is -1.23. The Morgan fingerprint density at radius 3 is 2.18 bits per heavy atom. The van der Waals surface area contributed by atoms with Crippen LogP contribution in [0.25, 0.3) is 0 Å². The third-order valence-electron chi connectivity index (χ3n) is 7.26. The maximum Gasteiger partial charge on any atom is 0.343 e. The van der Waals surface area contributed by atoms with Crippen molar-refractivity contribution in [1.29, 1.82) is 0 Å². The molecule has 4 N–H and O–H groups in total. The molecule has 4 aromatic carbocycles. The van der Waals surface area contributed by atoms with Gasteiger partial charge in [0.05, 0.1) is 30.1 Å². The number of esters is 3. The van der Waals surface area contributed by atoms with Crippen LogP contribution >= 0.6 is 0 Å². The molecule has 0 saturated carbocycles. The standard InChI is InChI=1S/C35H32N2O8/c36-26-13-14-27-24(16-26)12-7-15-42-32-29(33(37)39)17-25(18-30(32)45-35(27)41)28(34(40)44-21-23-10-5-2-6-11-23)19-31(38)43-20-22-8-3-1-4-9-22/h1-6,8-11,13-14,16-18,28H,7,12,15,19-21,36H2,(H2,37,39)/t28-/m1/s1. The number of rotatable bonds is 9. The molecule has 0 spiro atoms. The summed E-state index contributed by atoms with van der Waals surface area (Å²) in [6, 6.07) is 25.7. The van der Waals surface area contributed by atoms with Crippen LogP contribution in [0.3, 0.4) is 0 Å². The summed E-state index contributed by atoms with van der Waals surface area (Å²) < 4.78 is 22.7. The molecular formula is C35H32N2O8. The van der Waals surface area contributed by atoms with Gasteiger partial charge in [-0.3, -0.25) is 14.4 Å². The van der Waals surface area contributed by atoms with Crippen molar-refractivity contribution in [3.05, 3.63) is 124 Å². The zero-order chi connectivity index (χ0) is 31.8. The van der Waals surface area contributed by atoms with E-state index in [4.69, 9.17) is 30.4 Å². The highest BCUT2D eigenvalue weighted by Crippen LogP contribution is 2.38. The Morgan fingerprint density at radius 2 is 1.51 bits per heavy atom. The monoisotopic (exact) mass is 608 g/mol. The molecule has 0 radical (unpaired) electrons. The van der Waals surface area contributed by atoms with E-state index in [0.717, 1.165) is 11.1 Å². The van der Waals surface area contributed by atoms with Crippen LogP contribution in [0.1, 0.15) is 61.7 Å². The van der Waals surface area contributed by atoms with Gasteiger partial charge in [0.2, 0.25) is 0 Å². The van der Waals surface area contributed by atoms with Crippen LogP contribution < -0.4 is 20.9 Å². The van der Waals surface area contributed by atoms with Gasteiger partial charge in [-0.25, -0.2) is 4.79 Å². The SMILES string of the molecule is NC(=O)c1cc([C@@H](CC(=O)OCc2ccccc2)C(=O)OCc2ccccc2)cc2c1OCCCc1cc(N)ccc1C(=O)O2. The van der Waals surface area contributed by atoms with E-state index in [2.05, 4.69) is 0 Å². The highest BCUT2D eigenvalue weighted by Gasteiger charge is 2.31. The smallest absolute Gasteiger partial charge is 0.343 e. The molecule has 0 aromatic heterocycles. The van der Waals surface area contributed by atoms with Gasteiger partial charge in [0.1, 0.15) is 13.2 Å². The fourth-order valence-electron chi connectivity index (χ4n) is 4.97. The second-order valence-electron chi connectivity index (χ2n) is 10.5. The van der Waals surface area contributed by atoms with Gasteiger partial charge in [0.15, 0.2) is 11.5 Å². The van der Waals surface area contributed by atoms with Crippen LogP contribution in [0.4, 0.5) is 5.69 Å². The lowest BCUT2D eigenvalue weighted by molar-refractivity contribution is -0.153. The Labute approximate surface area is 259 Å². The minimum Gasteiger partial charge on any atom is -0.489 e. The van der Waals surface area contributed by atoms with Gasteiger partial charge in [0, 0.05) is 5.69 Å². The quantitative estimate of drug-likeness (QED) is 0.154. The molecule has 10 heteroatoms. The number of hydrogen-bond donors (Lipinski definition) is 2. The molecule has 45 heavy (non-hydrogen) atoms. The lowest BCUT2D eigenvalue weighted by Gasteiger charge is -2.21. The van der Waals surface area contributed by atoms with Gasteiger partial charge in [-0.2, -0.15) is 0 Å². The zero-order valence-electron chi connectivity index (χ0n) is 24.4. The van der Waals surface area contributed by atoms with Crippen LogP contribution in [-0.2, 0) is 38.7 Å². The lowest BCUT2D eigenvalue weighted by Crippen LogP contribution is -2.23. The summed E-state index contributed by atoms with van der Waals surface area (Å²) in [5.41, 5.74) is 14.7. The van der Waals surface area contributed by atoms with E-state index < -0.39 is 36.2 Å². The molecule has 0 unspecified atom stereocenters. The Kier molecular flexibility index (Phi) is 9.74. The van der Waals surface area contributed by atoms with Crippen molar-refractivity contribution in [3.8, 4) is 11.5 Å². The van der Waals surface area contributed by atoms with Crippen molar-refractivity contribution >= 4 is 29.5 Å². The molecular weight excluding hydrogens is 576 g/mol. The second kappa shape index (κ2) is 14.2. The van der Waals surface area contributed by atoms with Crippen molar-refractivity contribution in [3.63, 3.8) is 0 Å². The molecule has 1 atom stereocenters. The van der Waals surface area contributed by atoms with E-state index in [0.29, 0.717) is 29.7 Å². The number of primary amides is 1.